The van der Waals surface area contributed by atoms with E-state index in [1.54, 1.807) is 17.7 Å². The standard InChI is InChI=1S/C10H12IN3OS/c1-2-6(4-15)14-9-7-3-8(11)16-10(7)13-5-12-9/h3,5-6,15H,2,4H2,1H3,(H,12,13,14)/t6-/m0/s1. The van der Waals surface area contributed by atoms with E-state index in [-0.39, 0.29) is 12.6 Å². The van der Waals surface area contributed by atoms with Gasteiger partial charge in [0.15, 0.2) is 0 Å². The Morgan fingerprint density at radius 3 is 3.06 bits per heavy atom. The zero-order chi connectivity index (χ0) is 11.5. The molecule has 0 radical (unpaired) electrons. The molecule has 2 aromatic heterocycles. The molecular weight excluding hydrogens is 337 g/mol. The highest BCUT2D eigenvalue weighted by atomic mass is 127. The molecule has 0 aliphatic heterocycles. The minimum Gasteiger partial charge on any atom is -0.394 e. The molecule has 2 rings (SSSR count). The van der Waals surface area contributed by atoms with Crippen molar-refractivity contribution in [2.24, 2.45) is 0 Å². The van der Waals surface area contributed by atoms with E-state index in [4.69, 9.17) is 5.11 Å². The minimum absolute atomic E-state index is 0.0515. The van der Waals surface area contributed by atoms with Gasteiger partial charge in [-0.05, 0) is 35.1 Å². The summed E-state index contributed by atoms with van der Waals surface area (Å²) in [5.41, 5.74) is 0. The quantitative estimate of drug-likeness (QED) is 0.833. The van der Waals surface area contributed by atoms with E-state index in [1.165, 1.54) is 2.88 Å². The second-order valence-electron chi connectivity index (χ2n) is 3.42. The molecule has 0 saturated heterocycles. The van der Waals surface area contributed by atoms with Crippen LogP contribution >= 0.6 is 33.9 Å². The monoisotopic (exact) mass is 349 g/mol. The first-order valence-corrected chi connectivity index (χ1v) is 6.91. The van der Waals surface area contributed by atoms with E-state index in [1.807, 2.05) is 6.92 Å². The Labute approximate surface area is 111 Å². The topological polar surface area (TPSA) is 58.0 Å². The largest absolute Gasteiger partial charge is 0.394 e. The maximum absolute atomic E-state index is 9.16. The summed E-state index contributed by atoms with van der Waals surface area (Å²) < 4.78 is 1.19. The smallest absolute Gasteiger partial charge is 0.138 e. The molecule has 0 aromatic carbocycles. The normalized spacial score (nSPS) is 12.9. The Hall–Kier alpha value is -0.470. The van der Waals surface area contributed by atoms with Crippen LogP contribution < -0.4 is 5.32 Å². The summed E-state index contributed by atoms with van der Waals surface area (Å²) in [7, 11) is 0. The lowest BCUT2D eigenvalue weighted by atomic mass is 10.2. The number of nitrogens with zero attached hydrogens (tertiary/aromatic N) is 2. The van der Waals surface area contributed by atoms with Crippen LogP contribution in [-0.2, 0) is 0 Å². The molecule has 16 heavy (non-hydrogen) atoms. The highest BCUT2D eigenvalue weighted by Crippen LogP contribution is 2.29. The lowest BCUT2D eigenvalue weighted by molar-refractivity contribution is 0.271. The van der Waals surface area contributed by atoms with Crippen molar-refractivity contribution in [1.29, 1.82) is 0 Å². The number of halogens is 1. The number of rotatable bonds is 4. The summed E-state index contributed by atoms with van der Waals surface area (Å²) in [6.07, 6.45) is 2.42. The number of aliphatic hydroxyl groups is 1. The number of fused-ring (bicyclic) bond motifs is 1. The number of aromatic nitrogens is 2. The molecule has 6 heteroatoms. The van der Waals surface area contributed by atoms with Gasteiger partial charge >= 0.3 is 0 Å². The fraction of sp³-hybridized carbons (Fsp3) is 0.400. The third-order valence-electron chi connectivity index (χ3n) is 2.35. The summed E-state index contributed by atoms with van der Waals surface area (Å²) in [6, 6.07) is 2.11. The van der Waals surface area contributed by atoms with Crippen LogP contribution in [0.2, 0.25) is 0 Å². The molecule has 86 valence electrons. The number of anilines is 1. The predicted molar refractivity (Wildman–Crippen MR) is 74.9 cm³/mol. The van der Waals surface area contributed by atoms with Gasteiger partial charge in [-0.25, -0.2) is 9.97 Å². The van der Waals surface area contributed by atoms with E-state index in [2.05, 4.69) is 43.9 Å². The molecular formula is C10H12IN3OS. The molecule has 0 amide bonds. The third kappa shape index (κ3) is 2.44. The molecule has 0 aliphatic rings. The van der Waals surface area contributed by atoms with Crippen molar-refractivity contribution >= 4 is 50.0 Å². The second-order valence-corrected chi connectivity index (χ2v) is 6.35. The minimum atomic E-state index is 0.0515. The van der Waals surface area contributed by atoms with Gasteiger partial charge in [0, 0.05) is 0 Å². The van der Waals surface area contributed by atoms with Crippen LogP contribution in [0.5, 0.6) is 0 Å². The van der Waals surface area contributed by atoms with Gasteiger partial charge in [-0.2, -0.15) is 0 Å². The highest BCUT2D eigenvalue weighted by Gasteiger charge is 2.10. The fourth-order valence-electron chi connectivity index (χ4n) is 1.41. The Bertz CT molecular complexity index is 484. The number of thiophene rings is 1. The maximum Gasteiger partial charge on any atom is 0.138 e. The molecule has 0 fully saturated rings. The van der Waals surface area contributed by atoms with Crippen LogP contribution in [0.25, 0.3) is 10.2 Å². The summed E-state index contributed by atoms with van der Waals surface area (Å²) in [5.74, 6) is 0.810. The number of aliphatic hydroxyl groups excluding tert-OH is 1. The molecule has 2 heterocycles. The number of hydrogen-bond donors (Lipinski definition) is 2. The van der Waals surface area contributed by atoms with Gasteiger partial charge in [-0.3, -0.25) is 0 Å². The van der Waals surface area contributed by atoms with Crippen LogP contribution in [0.1, 0.15) is 13.3 Å². The van der Waals surface area contributed by atoms with Crippen molar-refractivity contribution in [3.8, 4) is 0 Å². The van der Waals surface area contributed by atoms with Crippen molar-refractivity contribution in [1.82, 2.24) is 9.97 Å². The molecule has 0 saturated carbocycles. The van der Waals surface area contributed by atoms with Crippen LogP contribution in [0.3, 0.4) is 0 Å². The summed E-state index contributed by atoms with van der Waals surface area (Å²) >= 11 is 3.92. The van der Waals surface area contributed by atoms with Gasteiger partial charge in [0.1, 0.15) is 17.0 Å². The lowest BCUT2D eigenvalue weighted by Crippen LogP contribution is -2.23. The highest BCUT2D eigenvalue weighted by molar-refractivity contribution is 14.1. The average molecular weight is 349 g/mol. The third-order valence-corrected chi connectivity index (χ3v) is 4.16. The van der Waals surface area contributed by atoms with E-state index in [0.717, 1.165) is 22.5 Å². The fourth-order valence-corrected chi connectivity index (χ4v) is 3.08. The van der Waals surface area contributed by atoms with Crippen LogP contribution in [0.15, 0.2) is 12.4 Å². The van der Waals surface area contributed by atoms with E-state index in [0.29, 0.717) is 0 Å². The van der Waals surface area contributed by atoms with Crippen LogP contribution in [0.4, 0.5) is 5.82 Å². The summed E-state index contributed by atoms with van der Waals surface area (Å²) in [4.78, 5) is 9.43. The van der Waals surface area contributed by atoms with Gasteiger partial charge in [0.2, 0.25) is 0 Å². The van der Waals surface area contributed by atoms with Crippen LogP contribution in [-0.4, -0.2) is 27.7 Å². The maximum atomic E-state index is 9.16. The summed E-state index contributed by atoms with van der Waals surface area (Å²) in [6.45, 7) is 2.15. The lowest BCUT2D eigenvalue weighted by Gasteiger charge is -2.14. The van der Waals surface area contributed by atoms with Gasteiger partial charge in [-0.15, -0.1) is 11.3 Å². The van der Waals surface area contributed by atoms with Crippen molar-refractivity contribution in [2.75, 3.05) is 11.9 Å². The van der Waals surface area contributed by atoms with Crippen LogP contribution in [0, 0.1) is 2.88 Å². The molecule has 2 N–H and O–H groups in total. The molecule has 0 aliphatic carbocycles. The average Bonchev–Trinajstić information content (AvgIpc) is 2.67. The first-order chi connectivity index (χ1) is 7.74. The molecule has 1 atom stereocenters. The second kappa shape index (κ2) is 5.24. The SMILES string of the molecule is CC[C@@H](CO)Nc1ncnc2sc(I)cc12. The van der Waals surface area contributed by atoms with Gasteiger partial charge in [-0.1, -0.05) is 6.92 Å². The van der Waals surface area contributed by atoms with Crippen molar-refractivity contribution in [2.45, 2.75) is 19.4 Å². The molecule has 0 unspecified atom stereocenters. The molecule has 4 nitrogen and oxygen atoms in total. The Morgan fingerprint density at radius 1 is 1.56 bits per heavy atom. The number of nitrogens with one attached hydrogen (secondary N) is 1. The first-order valence-electron chi connectivity index (χ1n) is 5.02. The van der Waals surface area contributed by atoms with E-state index in [9.17, 15) is 0 Å². The van der Waals surface area contributed by atoms with Gasteiger partial charge < -0.3 is 10.4 Å². The molecule has 0 spiro atoms. The Kier molecular flexibility index (Phi) is 3.93. The van der Waals surface area contributed by atoms with Gasteiger partial charge in [0.05, 0.1) is 20.9 Å². The van der Waals surface area contributed by atoms with Crippen molar-refractivity contribution in [3.05, 3.63) is 15.3 Å². The van der Waals surface area contributed by atoms with E-state index >= 15 is 0 Å². The van der Waals surface area contributed by atoms with Crippen molar-refractivity contribution in [3.63, 3.8) is 0 Å². The number of hydrogen-bond acceptors (Lipinski definition) is 5. The molecule has 0 bridgehead atoms. The summed E-state index contributed by atoms with van der Waals surface area (Å²) in [5, 5.41) is 13.4. The molecule has 2 aromatic rings. The Morgan fingerprint density at radius 2 is 2.38 bits per heavy atom. The van der Waals surface area contributed by atoms with Gasteiger partial charge in [0.25, 0.3) is 0 Å². The zero-order valence-electron chi connectivity index (χ0n) is 8.77. The van der Waals surface area contributed by atoms with Crippen molar-refractivity contribution < 1.29 is 5.11 Å². The van der Waals surface area contributed by atoms with E-state index < -0.39 is 0 Å². The zero-order valence-corrected chi connectivity index (χ0v) is 11.7. The Balaban J connectivity index is 2.36. The first kappa shape index (κ1) is 12.0. The predicted octanol–water partition coefficient (Wildman–Crippen LogP) is 2.48.